The van der Waals surface area contributed by atoms with Crippen LogP contribution in [0.5, 0.6) is 0 Å². The van der Waals surface area contributed by atoms with Gasteiger partial charge < -0.3 is 25.3 Å². The van der Waals surface area contributed by atoms with Crippen molar-refractivity contribution in [2.24, 2.45) is 0 Å². The molecule has 1 saturated heterocycles. The molecule has 0 radical (unpaired) electrons. The Balaban J connectivity index is 1.76. The van der Waals surface area contributed by atoms with E-state index >= 15 is 0 Å². The lowest BCUT2D eigenvalue weighted by molar-refractivity contribution is -0.111. The van der Waals surface area contributed by atoms with Crippen molar-refractivity contribution < 1.29 is 14.3 Å². The predicted octanol–water partition coefficient (Wildman–Crippen LogP) is 5.34. The number of carbonyl (C=O) groups is 2. The molecule has 3 N–H and O–H groups in total. The first-order chi connectivity index (χ1) is 19.6. The smallest absolute Gasteiger partial charge is 0.253 e. The molecule has 8 heteroatoms. The number of benzene rings is 2. The van der Waals surface area contributed by atoms with Gasteiger partial charge in [-0.15, -0.1) is 0 Å². The Kier molecular flexibility index (Phi) is 9.45. The predicted molar refractivity (Wildman–Crippen MR) is 165 cm³/mol. The fourth-order valence-electron chi connectivity index (χ4n) is 5.63. The quantitative estimate of drug-likeness (QED) is 0.309. The van der Waals surface area contributed by atoms with Crippen molar-refractivity contribution in [3.8, 4) is 11.1 Å². The number of ether oxygens (including phenoxy) is 1. The molecule has 4 rings (SSSR count). The summed E-state index contributed by atoms with van der Waals surface area (Å²) in [6.45, 7) is 15.7. The molecule has 3 aromatic rings. The van der Waals surface area contributed by atoms with Crippen molar-refractivity contribution in [1.82, 2.24) is 10.3 Å². The van der Waals surface area contributed by atoms with Crippen LogP contribution >= 0.6 is 0 Å². The van der Waals surface area contributed by atoms with Gasteiger partial charge >= 0.3 is 0 Å². The number of aryl methyl sites for hydroxylation is 3. The zero-order valence-corrected chi connectivity index (χ0v) is 24.6. The molecule has 2 heterocycles. The Morgan fingerprint density at radius 3 is 2.44 bits per heavy atom. The Morgan fingerprint density at radius 1 is 1.07 bits per heavy atom. The average Bonchev–Trinajstić information content (AvgIpc) is 2.94. The molecule has 1 aliphatic heterocycles. The van der Waals surface area contributed by atoms with Crippen molar-refractivity contribution in [3.63, 3.8) is 0 Å². The molecule has 0 atom stereocenters. The number of nitrogens with zero attached hydrogens (tertiary/aromatic N) is 1. The molecular weight excluding hydrogens is 516 g/mol. The van der Waals surface area contributed by atoms with E-state index in [9.17, 15) is 14.4 Å². The van der Waals surface area contributed by atoms with E-state index in [-0.39, 0.29) is 23.9 Å². The molecule has 0 unspecified atom stereocenters. The standard InChI is InChI=1S/C33H40N4O4/c1-7-31(38)36-25-9-10-27(21(4)16-25)24-17-28(32(39)34-19-29-20(3)15-22(5)35-33(29)40)23(6)30(18-24)37(8-2)26-11-13-41-14-12-26/h7,9-10,15-18,26H,1,8,11-14,19H2,2-6H3,(H,34,39)(H,35,40)(H,36,38). The maximum absolute atomic E-state index is 13.7. The third kappa shape index (κ3) is 6.77. The van der Waals surface area contributed by atoms with E-state index in [1.165, 1.54) is 6.08 Å². The third-order valence-electron chi connectivity index (χ3n) is 7.82. The van der Waals surface area contributed by atoms with Crippen LogP contribution in [0.15, 0.2) is 53.8 Å². The highest BCUT2D eigenvalue weighted by molar-refractivity contribution is 6.00. The number of carbonyl (C=O) groups excluding carboxylic acids is 2. The maximum Gasteiger partial charge on any atom is 0.253 e. The molecule has 8 nitrogen and oxygen atoms in total. The van der Waals surface area contributed by atoms with Gasteiger partial charge in [0.15, 0.2) is 0 Å². The number of hydrogen-bond acceptors (Lipinski definition) is 5. The Labute approximate surface area is 241 Å². The minimum Gasteiger partial charge on any atom is -0.381 e. The van der Waals surface area contributed by atoms with Gasteiger partial charge in [0.25, 0.3) is 11.5 Å². The topological polar surface area (TPSA) is 104 Å². The van der Waals surface area contributed by atoms with Crippen molar-refractivity contribution in [2.75, 3.05) is 30.0 Å². The number of aromatic amines is 1. The third-order valence-corrected chi connectivity index (χ3v) is 7.82. The lowest BCUT2D eigenvalue weighted by Gasteiger charge is -2.37. The first-order valence-corrected chi connectivity index (χ1v) is 14.1. The van der Waals surface area contributed by atoms with Gasteiger partial charge in [-0.25, -0.2) is 0 Å². The summed E-state index contributed by atoms with van der Waals surface area (Å²) in [5, 5.41) is 5.80. The Hall–Kier alpha value is -4.17. The number of nitrogens with one attached hydrogen (secondary N) is 3. The summed E-state index contributed by atoms with van der Waals surface area (Å²) in [7, 11) is 0. The van der Waals surface area contributed by atoms with Gasteiger partial charge in [0.1, 0.15) is 0 Å². The van der Waals surface area contributed by atoms with Crippen molar-refractivity contribution in [1.29, 1.82) is 0 Å². The van der Waals surface area contributed by atoms with E-state index in [0.717, 1.165) is 58.6 Å². The minimum atomic E-state index is -0.272. The molecule has 1 aliphatic rings. The van der Waals surface area contributed by atoms with Crippen LogP contribution in [0, 0.1) is 27.7 Å². The van der Waals surface area contributed by atoms with Crippen LogP contribution in [0.25, 0.3) is 11.1 Å². The van der Waals surface area contributed by atoms with Crippen molar-refractivity contribution in [3.05, 3.63) is 92.9 Å². The van der Waals surface area contributed by atoms with Gasteiger partial charge in [0, 0.05) is 60.5 Å². The number of hydrogen-bond donors (Lipinski definition) is 3. The molecule has 216 valence electrons. The van der Waals surface area contributed by atoms with Crippen LogP contribution in [0.4, 0.5) is 11.4 Å². The Bertz CT molecular complexity index is 1520. The average molecular weight is 557 g/mol. The van der Waals surface area contributed by atoms with Crippen molar-refractivity contribution in [2.45, 2.75) is 60.0 Å². The summed E-state index contributed by atoms with van der Waals surface area (Å²) in [6.07, 6.45) is 3.08. The SMILES string of the molecule is C=CC(=O)Nc1ccc(-c2cc(C(=O)NCc3c(C)cc(C)[nH]c3=O)c(C)c(N(CC)C3CCOCC3)c2)c(C)c1. The van der Waals surface area contributed by atoms with Crippen LogP contribution in [0.3, 0.4) is 0 Å². The molecule has 0 spiro atoms. The molecule has 41 heavy (non-hydrogen) atoms. The van der Waals surface area contributed by atoms with Crippen LogP contribution in [0.1, 0.15) is 58.1 Å². The van der Waals surface area contributed by atoms with Crippen molar-refractivity contribution >= 4 is 23.2 Å². The van der Waals surface area contributed by atoms with Gasteiger partial charge in [-0.3, -0.25) is 14.4 Å². The normalized spacial score (nSPS) is 13.5. The number of rotatable bonds is 9. The summed E-state index contributed by atoms with van der Waals surface area (Å²) in [5.74, 6) is -0.507. The molecule has 1 aromatic heterocycles. The summed E-state index contributed by atoms with van der Waals surface area (Å²) < 4.78 is 5.62. The number of pyridine rings is 1. The largest absolute Gasteiger partial charge is 0.381 e. The summed E-state index contributed by atoms with van der Waals surface area (Å²) in [5.41, 5.74) is 7.96. The van der Waals surface area contributed by atoms with Crippen LogP contribution in [0.2, 0.25) is 0 Å². The van der Waals surface area contributed by atoms with E-state index in [2.05, 4.69) is 40.1 Å². The van der Waals surface area contributed by atoms with E-state index in [1.54, 1.807) is 0 Å². The summed E-state index contributed by atoms with van der Waals surface area (Å²) in [6, 6.07) is 12.0. The molecule has 2 aromatic carbocycles. The molecule has 0 bridgehead atoms. The molecule has 1 fully saturated rings. The lowest BCUT2D eigenvalue weighted by atomic mass is 9.93. The van der Waals surface area contributed by atoms with Gasteiger partial charge in [-0.1, -0.05) is 12.6 Å². The number of anilines is 2. The lowest BCUT2D eigenvalue weighted by Crippen LogP contribution is -2.40. The molecule has 2 amide bonds. The summed E-state index contributed by atoms with van der Waals surface area (Å²) >= 11 is 0. The second kappa shape index (κ2) is 13.0. The second-order valence-electron chi connectivity index (χ2n) is 10.6. The minimum absolute atomic E-state index is 0.132. The van der Waals surface area contributed by atoms with Gasteiger partial charge in [-0.05, 0) is 112 Å². The first kappa shape index (κ1) is 29.8. The monoisotopic (exact) mass is 556 g/mol. The van der Waals surface area contributed by atoms with Crippen LogP contribution < -0.4 is 21.1 Å². The highest BCUT2D eigenvalue weighted by Crippen LogP contribution is 2.35. The number of aromatic nitrogens is 1. The van der Waals surface area contributed by atoms with E-state index in [4.69, 9.17) is 4.74 Å². The molecule has 0 aliphatic carbocycles. The van der Waals surface area contributed by atoms with E-state index < -0.39 is 0 Å². The van der Waals surface area contributed by atoms with Crippen LogP contribution in [-0.2, 0) is 16.1 Å². The fraction of sp³-hybridized carbons (Fsp3) is 0.364. The number of amides is 2. The van der Waals surface area contributed by atoms with E-state index in [0.29, 0.717) is 36.1 Å². The first-order valence-electron chi connectivity index (χ1n) is 14.1. The summed E-state index contributed by atoms with van der Waals surface area (Å²) in [4.78, 5) is 43.3. The zero-order chi connectivity index (χ0) is 29.7. The highest BCUT2D eigenvalue weighted by Gasteiger charge is 2.25. The van der Waals surface area contributed by atoms with Gasteiger partial charge in [0.05, 0.1) is 0 Å². The fourth-order valence-corrected chi connectivity index (χ4v) is 5.63. The molecular formula is C33H40N4O4. The highest BCUT2D eigenvalue weighted by atomic mass is 16.5. The van der Waals surface area contributed by atoms with Gasteiger partial charge in [0.2, 0.25) is 5.91 Å². The second-order valence-corrected chi connectivity index (χ2v) is 10.6. The van der Waals surface area contributed by atoms with Gasteiger partial charge in [-0.2, -0.15) is 0 Å². The van der Waals surface area contributed by atoms with Crippen LogP contribution in [-0.4, -0.2) is 42.6 Å². The zero-order valence-electron chi connectivity index (χ0n) is 24.6. The maximum atomic E-state index is 13.7. The van der Waals surface area contributed by atoms with E-state index in [1.807, 2.05) is 58.0 Å². The molecule has 0 saturated carbocycles. The Morgan fingerprint density at radius 2 is 1.80 bits per heavy atom. The number of H-pyrrole nitrogens is 1.